The largest absolute Gasteiger partial charge is 0.339 e. The van der Waals surface area contributed by atoms with E-state index in [1.54, 1.807) is 0 Å². The summed E-state index contributed by atoms with van der Waals surface area (Å²) in [7, 11) is 0. The van der Waals surface area contributed by atoms with Crippen LogP contribution in [0.1, 0.15) is 0 Å². The first kappa shape index (κ1) is 8.21. The molecule has 2 aromatic heterocycles. The van der Waals surface area contributed by atoms with Crippen LogP contribution in [-0.4, -0.2) is 19.9 Å². The minimum atomic E-state index is -0.547. The van der Waals surface area contributed by atoms with Gasteiger partial charge in [-0.05, 0) is 0 Å². The number of nitrogens with one attached hydrogen (secondary N) is 3. The molecule has 2 rings (SSSR count). The molecular formula is C5H4N5O2. The lowest BCUT2D eigenvalue weighted by atomic mass is 10.5. The molecule has 7 nitrogen and oxygen atoms in total. The zero-order valence-electron chi connectivity index (χ0n) is 5.79. The van der Waals surface area contributed by atoms with E-state index in [9.17, 15) is 9.59 Å². The normalized spacial score (nSPS) is 9.67. The van der Waals surface area contributed by atoms with Crippen LogP contribution >= 0.6 is 0 Å². The van der Waals surface area contributed by atoms with Crippen LogP contribution in [0, 0.1) is 0 Å². The highest BCUT2D eigenvalue weighted by Crippen LogP contribution is 1.92. The van der Waals surface area contributed by atoms with Gasteiger partial charge >= 0.3 is 5.69 Å². The highest BCUT2D eigenvalue weighted by Gasteiger charge is 1.99. The minimum absolute atomic E-state index is 0. The van der Waals surface area contributed by atoms with Gasteiger partial charge in [0.2, 0.25) is 0 Å². The van der Waals surface area contributed by atoms with Crippen molar-refractivity contribution in [3.05, 3.63) is 27.2 Å². The standard InChI is InChI=1S/C5H4N4O2.N/c10-4-2-3(7-1-6-2)8-5(11)9-4;/h1H,(H3,6,7,8,9,10,11);. The van der Waals surface area contributed by atoms with E-state index in [-0.39, 0.29) is 17.3 Å². The van der Waals surface area contributed by atoms with Crippen LogP contribution in [0.25, 0.3) is 11.2 Å². The van der Waals surface area contributed by atoms with E-state index in [4.69, 9.17) is 0 Å². The summed E-state index contributed by atoms with van der Waals surface area (Å²) >= 11 is 0. The summed E-state index contributed by atoms with van der Waals surface area (Å²) in [5.41, 5.74) is -0.445. The van der Waals surface area contributed by atoms with Gasteiger partial charge in [-0.3, -0.25) is 14.8 Å². The van der Waals surface area contributed by atoms with E-state index >= 15 is 0 Å². The second-order valence-electron chi connectivity index (χ2n) is 2.03. The van der Waals surface area contributed by atoms with Crippen LogP contribution in [0.2, 0.25) is 0 Å². The van der Waals surface area contributed by atoms with Crippen molar-refractivity contribution in [3.8, 4) is 0 Å². The summed E-state index contributed by atoms with van der Waals surface area (Å²) in [6.45, 7) is 0. The number of aromatic amines is 3. The minimum Gasteiger partial charge on any atom is -0.339 e. The lowest BCUT2D eigenvalue weighted by molar-refractivity contribution is 1.07. The van der Waals surface area contributed by atoms with Gasteiger partial charge in [-0.1, -0.05) is 0 Å². The summed E-state index contributed by atoms with van der Waals surface area (Å²) in [4.78, 5) is 32.3. The van der Waals surface area contributed by atoms with Crippen LogP contribution in [0.3, 0.4) is 0 Å². The first-order chi connectivity index (χ1) is 5.27. The number of hydrogen-bond donors (Lipinski definition) is 3. The second-order valence-corrected chi connectivity index (χ2v) is 2.03. The van der Waals surface area contributed by atoms with E-state index in [0.29, 0.717) is 0 Å². The van der Waals surface area contributed by atoms with Crippen molar-refractivity contribution in [1.82, 2.24) is 26.1 Å². The molecule has 0 amide bonds. The van der Waals surface area contributed by atoms with Gasteiger partial charge in [0.05, 0.1) is 6.33 Å². The van der Waals surface area contributed by atoms with Gasteiger partial charge in [-0.2, -0.15) is 0 Å². The van der Waals surface area contributed by atoms with Crippen molar-refractivity contribution in [3.63, 3.8) is 0 Å². The van der Waals surface area contributed by atoms with E-state index in [2.05, 4.69) is 19.9 Å². The van der Waals surface area contributed by atoms with Gasteiger partial charge in [0, 0.05) is 6.15 Å². The molecule has 0 spiro atoms. The Morgan fingerprint density at radius 2 is 2.00 bits per heavy atom. The van der Waals surface area contributed by atoms with Crippen LogP contribution in [0.5, 0.6) is 0 Å². The SMILES string of the molecule is O=c1[nH]c(=O)c2[nH]cnc2[nH]1.[N]. The maximum absolute atomic E-state index is 10.9. The number of aromatic nitrogens is 4. The molecule has 3 N–H and O–H groups in total. The monoisotopic (exact) mass is 166 g/mol. The van der Waals surface area contributed by atoms with Gasteiger partial charge in [0.25, 0.3) is 5.56 Å². The van der Waals surface area contributed by atoms with Crippen molar-refractivity contribution in [1.29, 1.82) is 0 Å². The van der Waals surface area contributed by atoms with E-state index < -0.39 is 11.2 Å². The molecule has 0 aliphatic rings. The average molecular weight is 166 g/mol. The molecule has 7 heteroatoms. The van der Waals surface area contributed by atoms with E-state index in [0.717, 1.165) is 0 Å². The second kappa shape index (κ2) is 2.62. The van der Waals surface area contributed by atoms with Gasteiger partial charge in [0.15, 0.2) is 5.65 Å². The Hall–Kier alpha value is -1.89. The number of H-pyrrole nitrogens is 3. The van der Waals surface area contributed by atoms with Gasteiger partial charge in [0.1, 0.15) is 5.52 Å². The maximum atomic E-state index is 10.9. The lowest BCUT2D eigenvalue weighted by Gasteiger charge is -1.83. The molecule has 2 aromatic rings. The Morgan fingerprint density at radius 3 is 2.75 bits per heavy atom. The van der Waals surface area contributed by atoms with Crippen LogP contribution in [0.4, 0.5) is 0 Å². The quantitative estimate of drug-likeness (QED) is 0.439. The Morgan fingerprint density at radius 1 is 1.25 bits per heavy atom. The zero-order chi connectivity index (χ0) is 7.84. The Bertz CT molecular complexity index is 492. The van der Waals surface area contributed by atoms with E-state index in [1.807, 2.05) is 0 Å². The fraction of sp³-hybridized carbons (Fsp3) is 0. The predicted octanol–water partition coefficient (Wildman–Crippen LogP) is -1.54. The fourth-order valence-electron chi connectivity index (χ4n) is 0.867. The molecule has 0 atom stereocenters. The third-order valence-electron chi connectivity index (χ3n) is 1.33. The van der Waals surface area contributed by atoms with Crippen molar-refractivity contribution < 1.29 is 0 Å². The Kier molecular flexibility index (Phi) is 1.80. The molecule has 2 heterocycles. The number of rotatable bonds is 0. The van der Waals surface area contributed by atoms with Crippen molar-refractivity contribution in [2.75, 3.05) is 0 Å². The summed E-state index contributed by atoms with van der Waals surface area (Å²) in [5.74, 6) is 0. The van der Waals surface area contributed by atoms with E-state index in [1.165, 1.54) is 6.33 Å². The molecule has 0 saturated carbocycles. The maximum Gasteiger partial charge on any atom is 0.327 e. The van der Waals surface area contributed by atoms with Crippen LogP contribution in [0.15, 0.2) is 15.9 Å². The smallest absolute Gasteiger partial charge is 0.327 e. The first-order valence-electron chi connectivity index (χ1n) is 2.93. The molecule has 0 saturated heterocycles. The average Bonchev–Trinajstić information content (AvgIpc) is 2.34. The molecule has 0 aliphatic carbocycles. The van der Waals surface area contributed by atoms with Crippen LogP contribution in [-0.2, 0) is 0 Å². The van der Waals surface area contributed by atoms with Crippen molar-refractivity contribution in [2.45, 2.75) is 0 Å². The number of imidazole rings is 1. The summed E-state index contributed by atoms with van der Waals surface area (Å²) in [5, 5.41) is 0. The molecule has 61 valence electrons. The lowest BCUT2D eigenvalue weighted by Crippen LogP contribution is -2.21. The summed E-state index contributed by atoms with van der Waals surface area (Å²) < 4.78 is 0. The van der Waals surface area contributed by atoms with Gasteiger partial charge in [-0.25, -0.2) is 9.78 Å². The first-order valence-corrected chi connectivity index (χ1v) is 2.93. The van der Waals surface area contributed by atoms with Gasteiger partial charge in [-0.15, -0.1) is 0 Å². The fourth-order valence-corrected chi connectivity index (χ4v) is 0.867. The van der Waals surface area contributed by atoms with Crippen LogP contribution < -0.4 is 17.4 Å². The molecule has 0 aliphatic heterocycles. The van der Waals surface area contributed by atoms with Crippen molar-refractivity contribution >= 4 is 11.2 Å². The highest BCUT2D eigenvalue weighted by molar-refractivity contribution is 5.67. The number of hydrogen-bond acceptors (Lipinski definition) is 3. The predicted molar refractivity (Wildman–Crippen MR) is 39.5 cm³/mol. The molecule has 0 aromatic carbocycles. The molecule has 0 fully saturated rings. The molecule has 12 heavy (non-hydrogen) atoms. The third-order valence-corrected chi connectivity index (χ3v) is 1.33. The highest BCUT2D eigenvalue weighted by atomic mass is 16.2. The molecule has 0 unspecified atom stereocenters. The topological polar surface area (TPSA) is 125 Å². The summed E-state index contributed by atoms with van der Waals surface area (Å²) in [6, 6.07) is 0. The number of nitrogens with zero attached hydrogens (tertiary/aromatic N) is 2. The Labute approximate surface area is 65.4 Å². The Balaban J connectivity index is 0.000000720. The van der Waals surface area contributed by atoms with Crippen molar-refractivity contribution in [2.24, 2.45) is 0 Å². The summed E-state index contributed by atoms with van der Waals surface area (Å²) in [6.07, 6.45) is 1.34. The zero-order valence-corrected chi connectivity index (χ0v) is 5.79. The molecular weight excluding hydrogens is 162 g/mol. The number of fused-ring (bicyclic) bond motifs is 1. The van der Waals surface area contributed by atoms with Gasteiger partial charge < -0.3 is 4.98 Å². The molecule has 0 bridgehead atoms. The third kappa shape index (κ3) is 1.01. The molecule has 3 radical (unpaired) electrons.